The van der Waals surface area contributed by atoms with Crippen LogP contribution < -0.4 is 10.6 Å². The third-order valence-corrected chi connectivity index (χ3v) is 9.03. The van der Waals surface area contributed by atoms with Gasteiger partial charge in [-0.3, -0.25) is 9.13 Å². The van der Waals surface area contributed by atoms with Crippen LogP contribution in [0.1, 0.15) is 23.2 Å². The highest BCUT2D eigenvalue weighted by Crippen LogP contribution is 2.46. The maximum absolute atomic E-state index is 12.5. The Morgan fingerprint density at radius 1 is 0.625 bits per heavy atom. The number of nitrogens with one attached hydrogen (secondary N) is 2. The standard InChI is InChI=1S/C22H34N2O6P2/c1-27-31(25,28-2)17-15-23-21(19-11-7-5-8-12-19)22(20-13-9-6-10-14-20)24-16-18-32(26,29-3)30-4/h5-14,21-24H,15-18H2,1-4H3/t21-,22-/m0/s1. The van der Waals surface area contributed by atoms with E-state index in [9.17, 15) is 9.13 Å². The van der Waals surface area contributed by atoms with Crippen molar-refractivity contribution in [3.05, 3.63) is 71.8 Å². The van der Waals surface area contributed by atoms with Crippen LogP contribution in [0.4, 0.5) is 0 Å². The van der Waals surface area contributed by atoms with E-state index in [1.165, 1.54) is 28.4 Å². The molecule has 2 N–H and O–H groups in total. The van der Waals surface area contributed by atoms with Gasteiger partial charge in [0.2, 0.25) is 0 Å². The summed E-state index contributed by atoms with van der Waals surface area (Å²) in [7, 11) is -0.727. The molecule has 0 heterocycles. The molecule has 2 rings (SSSR count). The third kappa shape index (κ3) is 7.91. The van der Waals surface area contributed by atoms with Crippen molar-refractivity contribution in [3.8, 4) is 0 Å². The van der Waals surface area contributed by atoms with E-state index in [2.05, 4.69) is 10.6 Å². The topological polar surface area (TPSA) is 95.1 Å². The lowest BCUT2D eigenvalue weighted by Gasteiger charge is -2.31. The van der Waals surface area contributed by atoms with E-state index in [0.29, 0.717) is 13.1 Å². The Morgan fingerprint density at radius 2 is 0.938 bits per heavy atom. The van der Waals surface area contributed by atoms with Crippen molar-refractivity contribution in [1.82, 2.24) is 10.6 Å². The summed E-state index contributed by atoms with van der Waals surface area (Å²) in [4.78, 5) is 0. The molecule has 8 nitrogen and oxygen atoms in total. The Labute approximate surface area is 191 Å². The Morgan fingerprint density at radius 3 is 1.22 bits per heavy atom. The molecule has 0 saturated carbocycles. The number of hydrogen-bond donors (Lipinski definition) is 2. The second-order valence-electron chi connectivity index (χ2n) is 7.08. The minimum atomic E-state index is -3.14. The Bertz CT molecular complexity index is 795. The molecule has 2 aromatic rings. The summed E-state index contributed by atoms with van der Waals surface area (Å²) in [5, 5.41) is 7.02. The van der Waals surface area contributed by atoms with Gasteiger partial charge in [-0.1, -0.05) is 60.7 Å². The monoisotopic (exact) mass is 484 g/mol. The second kappa shape index (κ2) is 13.4. The van der Waals surface area contributed by atoms with Gasteiger partial charge in [-0.2, -0.15) is 0 Å². The quantitative estimate of drug-likeness (QED) is 0.354. The SMILES string of the molecule is COP(=O)(CCN[C@@H](c1ccccc1)[C@@H](NCCP(=O)(OC)OC)c1ccccc1)OC. The zero-order valence-electron chi connectivity index (χ0n) is 19.1. The molecule has 32 heavy (non-hydrogen) atoms. The largest absolute Gasteiger partial charge is 0.331 e. The Kier molecular flexibility index (Phi) is 11.3. The van der Waals surface area contributed by atoms with Crippen molar-refractivity contribution in [3.63, 3.8) is 0 Å². The van der Waals surface area contributed by atoms with Gasteiger partial charge >= 0.3 is 15.2 Å². The lowest BCUT2D eigenvalue weighted by Crippen LogP contribution is -2.38. The first kappa shape index (κ1) is 26.9. The summed E-state index contributed by atoms with van der Waals surface area (Å²) in [6.07, 6.45) is 0.459. The van der Waals surface area contributed by atoms with Gasteiger partial charge in [-0.25, -0.2) is 0 Å². The molecule has 0 aliphatic carbocycles. The highest BCUT2D eigenvalue weighted by atomic mass is 31.2. The van der Waals surface area contributed by atoms with Crippen molar-refractivity contribution in [1.29, 1.82) is 0 Å². The molecule has 0 aliphatic rings. The van der Waals surface area contributed by atoms with Crippen LogP contribution in [0.15, 0.2) is 60.7 Å². The second-order valence-corrected chi connectivity index (χ2v) is 11.9. The zero-order valence-corrected chi connectivity index (χ0v) is 20.9. The zero-order chi connectivity index (χ0) is 23.5. The predicted molar refractivity (Wildman–Crippen MR) is 127 cm³/mol. The van der Waals surface area contributed by atoms with Crippen LogP contribution in [0.25, 0.3) is 0 Å². The van der Waals surface area contributed by atoms with Gasteiger partial charge in [0.05, 0.1) is 24.4 Å². The third-order valence-electron chi connectivity index (χ3n) is 5.26. The number of benzene rings is 2. The molecule has 2 aromatic carbocycles. The molecule has 178 valence electrons. The van der Waals surface area contributed by atoms with E-state index in [1.807, 2.05) is 60.7 Å². The highest BCUT2D eigenvalue weighted by Gasteiger charge is 2.28. The smallest absolute Gasteiger partial charge is 0.312 e. The van der Waals surface area contributed by atoms with E-state index in [0.717, 1.165) is 11.1 Å². The van der Waals surface area contributed by atoms with Gasteiger partial charge in [0.25, 0.3) is 0 Å². The van der Waals surface area contributed by atoms with Crippen LogP contribution >= 0.6 is 15.2 Å². The fourth-order valence-electron chi connectivity index (χ4n) is 3.41. The lowest BCUT2D eigenvalue weighted by molar-refractivity contribution is 0.271. The molecule has 10 heteroatoms. The summed E-state index contributed by atoms with van der Waals surface area (Å²) >= 11 is 0. The van der Waals surface area contributed by atoms with Crippen LogP contribution in [0.3, 0.4) is 0 Å². The Hall–Kier alpha value is -1.34. The van der Waals surface area contributed by atoms with E-state index in [1.54, 1.807) is 0 Å². The molecule has 0 bridgehead atoms. The molecule has 2 atom stereocenters. The van der Waals surface area contributed by atoms with E-state index >= 15 is 0 Å². The van der Waals surface area contributed by atoms with Crippen molar-refractivity contribution in [2.75, 3.05) is 53.9 Å². The highest BCUT2D eigenvalue weighted by molar-refractivity contribution is 7.54. The molecule has 0 aliphatic heterocycles. The Balaban J connectivity index is 2.28. The molecule has 0 spiro atoms. The average molecular weight is 484 g/mol. The van der Waals surface area contributed by atoms with Crippen molar-refractivity contribution in [2.45, 2.75) is 12.1 Å². The van der Waals surface area contributed by atoms with Crippen LogP contribution in [0, 0.1) is 0 Å². The van der Waals surface area contributed by atoms with E-state index in [4.69, 9.17) is 18.1 Å². The fourth-order valence-corrected chi connectivity index (χ4v) is 5.24. The maximum Gasteiger partial charge on any atom is 0.331 e. The maximum atomic E-state index is 12.5. The van der Waals surface area contributed by atoms with Gasteiger partial charge < -0.3 is 28.7 Å². The summed E-state index contributed by atoms with van der Waals surface area (Å²) in [6.45, 7) is 0.830. The molecule has 0 fully saturated rings. The van der Waals surface area contributed by atoms with Gasteiger partial charge in [-0.05, 0) is 11.1 Å². The summed E-state index contributed by atoms with van der Waals surface area (Å²) < 4.78 is 45.3. The van der Waals surface area contributed by atoms with Gasteiger partial charge in [0.1, 0.15) is 0 Å². The predicted octanol–water partition coefficient (Wildman–Crippen LogP) is 4.62. The number of hydrogen-bond acceptors (Lipinski definition) is 8. The molecule has 0 aromatic heterocycles. The molecular weight excluding hydrogens is 450 g/mol. The molecule has 0 unspecified atom stereocenters. The summed E-state index contributed by atoms with van der Waals surface area (Å²) in [6, 6.07) is 19.7. The minimum Gasteiger partial charge on any atom is -0.312 e. The summed E-state index contributed by atoms with van der Waals surface area (Å²) in [5.74, 6) is 0. The fraction of sp³-hybridized carbons (Fsp3) is 0.455. The first-order valence-electron chi connectivity index (χ1n) is 10.4. The van der Waals surface area contributed by atoms with Crippen molar-refractivity contribution >= 4 is 15.2 Å². The van der Waals surface area contributed by atoms with Crippen LogP contribution in [-0.4, -0.2) is 53.9 Å². The van der Waals surface area contributed by atoms with Gasteiger partial charge in [0, 0.05) is 41.5 Å². The van der Waals surface area contributed by atoms with Crippen molar-refractivity contribution < 1.29 is 27.2 Å². The van der Waals surface area contributed by atoms with E-state index in [-0.39, 0.29) is 24.4 Å². The molecular formula is C22H34N2O6P2. The first-order valence-corrected chi connectivity index (χ1v) is 13.8. The number of rotatable bonds is 15. The van der Waals surface area contributed by atoms with Crippen molar-refractivity contribution in [2.24, 2.45) is 0 Å². The summed E-state index contributed by atoms with van der Waals surface area (Å²) in [5.41, 5.74) is 2.11. The normalized spacial score (nSPS) is 14.2. The molecule has 0 radical (unpaired) electrons. The lowest BCUT2D eigenvalue weighted by atomic mass is 9.93. The van der Waals surface area contributed by atoms with Crippen LogP contribution in [0.5, 0.6) is 0 Å². The first-order chi connectivity index (χ1) is 15.4. The average Bonchev–Trinajstić information content (AvgIpc) is 2.85. The molecule has 0 saturated heterocycles. The molecule has 0 amide bonds. The van der Waals surface area contributed by atoms with Gasteiger partial charge in [-0.15, -0.1) is 0 Å². The van der Waals surface area contributed by atoms with Crippen LogP contribution in [-0.2, 0) is 27.2 Å². The minimum absolute atomic E-state index is 0.162. The van der Waals surface area contributed by atoms with Gasteiger partial charge in [0.15, 0.2) is 0 Å². The van der Waals surface area contributed by atoms with E-state index < -0.39 is 15.2 Å². The van der Waals surface area contributed by atoms with Crippen LogP contribution in [0.2, 0.25) is 0 Å².